The first kappa shape index (κ1) is 13.0. The average Bonchev–Trinajstić information content (AvgIpc) is 2.20. The lowest BCUT2D eigenvalue weighted by Crippen LogP contribution is -2.21. The minimum absolute atomic E-state index is 0.294. The summed E-state index contributed by atoms with van der Waals surface area (Å²) in [5, 5.41) is 9.67. The Morgan fingerprint density at radius 1 is 1.38 bits per heavy atom. The standard InChI is InChI=1S/C13H22N2O/c1-10(2)7-8-15(4)9-12-13(16)6-5-11(3)14-12/h5-6,10,16H,7-9H2,1-4H3. The second kappa shape index (κ2) is 5.85. The molecule has 1 N–H and O–H groups in total. The van der Waals surface area contributed by atoms with E-state index in [9.17, 15) is 5.11 Å². The van der Waals surface area contributed by atoms with Crippen LogP contribution in [0.4, 0.5) is 0 Å². The summed E-state index contributed by atoms with van der Waals surface area (Å²) in [5.41, 5.74) is 1.72. The molecule has 0 amide bonds. The van der Waals surface area contributed by atoms with E-state index < -0.39 is 0 Å². The van der Waals surface area contributed by atoms with Crippen LogP contribution in [-0.2, 0) is 6.54 Å². The fourth-order valence-corrected chi connectivity index (χ4v) is 1.53. The summed E-state index contributed by atoms with van der Waals surface area (Å²) in [4.78, 5) is 6.54. The third kappa shape index (κ3) is 4.19. The molecule has 90 valence electrons. The number of aromatic nitrogens is 1. The van der Waals surface area contributed by atoms with Gasteiger partial charge in [-0.15, -0.1) is 0 Å². The van der Waals surface area contributed by atoms with E-state index in [2.05, 4.69) is 30.8 Å². The largest absolute Gasteiger partial charge is 0.506 e. The predicted octanol–water partition coefficient (Wildman–Crippen LogP) is 2.57. The van der Waals surface area contributed by atoms with Gasteiger partial charge >= 0.3 is 0 Å². The molecule has 1 aromatic heterocycles. The Morgan fingerprint density at radius 3 is 2.69 bits per heavy atom. The first-order valence-electron chi connectivity index (χ1n) is 5.83. The molecule has 0 aliphatic carbocycles. The topological polar surface area (TPSA) is 36.4 Å². The molecule has 1 rings (SSSR count). The third-order valence-corrected chi connectivity index (χ3v) is 2.60. The van der Waals surface area contributed by atoms with Gasteiger partial charge in [-0.25, -0.2) is 0 Å². The quantitative estimate of drug-likeness (QED) is 0.832. The number of nitrogens with zero attached hydrogens (tertiary/aromatic N) is 2. The Kier molecular flexibility index (Phi) is 4.74. The van der Waals surface area contributed by atoms with Crippen molar-refractivity contribution in [1.29, 1.82) is 0 Å². The molecule has 0 aliphatic rings. The van der Waals surface area contributed by atoms with Crippen LogP contribution in [0, 0.1) is 12.8 Å². The first-order valence-corrected chi connectivity index (χ1v) is 5.83. The van der Waals surface area contributed by atoms with E-state index in [1.54, 1.807) is 6.07 Å². The van der Waals surface area contributed by atoms with Crippen molar-refractivity contribution in [3.05, 3.63) is 23.5 Å². The number of hydrogen-bond acceptors (Lipinski definition) is 3. The van der Waals surface area contributed by atoms with E-state index in [-0.39, 0.29) is 0 Å². The van der Waals surface area contributed by atoms with Crippen LogP contribution in [-0.4, -0.2) is 28.6 Å². The van der Waals surface area contributed by atoms with Crippen LogP contribution >= 0.6 is 0 Å². The Bertz CT molecular complexity index is 337. The number of pyridine rings is 1. The van der Waals surface area contributed by atoms with Gasteiger partial charge in [-0.1, -0.05) is 13.8 Å². The highest BCUT2D eigenvalue weighted by Crippen LogP contribution is 2.16. The van der Waals surface area contributed by atoms with Gasteiger partial charge in [0.15, 0.2) is 0 Å². The minimum Gasteiger partial charge on any atom is -0.506 e. The smallest absolute Gasteiger partial charge is 0.138 e. The summed E-state index contributed by atoms with van der Waals surface area (Å²) in [6.45, 7) is 8.12. The molecule has 0 saturated carbocycles. The van der Waals surface area contributed by atoms with Gasteiger partial charge < -0.3 is 10.0 Å². The summed E-state index contributed by atoms with van der Waals surface area (Å²) in [5.74, 6) is 1.00. The zero-order valence-electron chi connectivity index (χ0n) is 10.7. The van der Waals surface area contributed by atoms with Gasteiger partial charge in [0, 0.05) is 12.2 Å². The van der Waals surface area contributed by atoms with E-state index in [4.69, 9.17) is 0 Å². The van der Waals surface area contributed by atoms with Crippen molar-refractivity contribution in [3.63, 3.8) is 0 Å². The highest BCUT2D eigenvalue weighted by molar-refractivity contribution is 5.27. The summed E-state index contributed by atoms with van der Waals surface area (Å²) in [6, 6.07) is 3.54. The predicted molar refractivity (Wildman–Crippen MR) is 66.4 cm³/mol. The molecule has 0 spiro atoms. The van der Waals surface area contributed by atoms with Crippen molar-refractivity contribution >= 4 is 0 Å². The average molecular weight is 222 g/mol. The molecule has 0 atom stereocenters. The van der Waals surface area contributed by atoms with Crippen LogP contribution in [0.1, 0.15) is 31.7 Å². The molecule has 1 heterocycles. The summed E-state index contributed by atoms with van der Waals surface area (Å²) in [6.07, 6.45) is 1.17. The molecule has 0 aromatic carbocycles. The van der Waals surface area contributed by atoms with Crippen molar-refractivity contribution in [2.24, 2.45) is 5.92 Å². The Morgan fingerprint density at radius 2 is 2.06 bits per heavy atom. The van der Waals surface area contributed by atoms with Crippen molar-refractivity contribution in [2.75, 3.05) is 13.6 Å². The lowest BCUT2D eigenvalue weighted by Gasteiger charge is -2.18. The van der Waals surface area contributed by atoms with Crippen LogP contribution < -0.4 is 0 Å². The summed E-state index contributed by atoms with van der Waals surface area (Å²) in [7, 11) is 2.06. The zero-order chi connectivity index (χ0) is 12.1. The van der Waals surface area contributed by atoms with Crippen LogP contribution in [0.2, 0.25) is 0 Å². The molecule has 3 heteroatoms. The highest BCUT2D eigenvalue weighted by atomic mass is 16.3. The van der Waals surface area contributed by atoms with Crippen molar-refractivity contribution in [1.82, 2.24) is 9.88 Å². The van der Waals surface area contributed by atoms with Gasteiger partial charge in [-0.3, -0.25) is 4.98 Å². The first-order chi connectivity index (χ1) is 7.49. The molecular formula is C13H22N2O. The van der Waals surface area contributed by atoms with Gasteiger partial charge in [0.1, 0.15) is 5.75 Å². The molecule has 0 fully saturated rings. The molecule has 3 nitrogen and oxygen atoms in total. The third-order valence-electron chi connectivity index (χ3n) is 2.60. The maximum Gasteiger partial charge on any atom is 0.138 e. The Hall–Kier alpha value is -1.09. The number of hydrogen-bond donors (Lipinski definition) is 1. The van der Waals surface area contributed by atoms with Crippen LogP contribution in [0.25, 0.3) is 0 Å². The van der Waals surface area contributed by atoms with Gasteiger partial charge in [0.25, 0.3) is 0 Å². The molecular weight excluding hydrogens is 200 g/mol. The maximum atomic E-state index is 9.67. The van der Waals surface area contributed by atoms with Gasteiger partial charge in [-0.2, -0.15) is 0 Å². The fraction of sp³-hybridized carbons (Fsp3) is 0.615. The van der Waals surface area contributed by atoms with E-state index >= 15 is 0 Å². The number of aryl methyl sites for hydroxylation is 1. The molecule has 0 radical (unpaired) electrons. The van der Waals surface area contributed by atoms with E-state index in [1.807, 2.05) is 13.0 Å². The maximum absolute atomic E-state index is 9.67. The van der Waals surface area contributed by atoms with Crippen molar-refractivity contribution < 1.29 is 5.11 Å². The van der Waals surface area contributed by atoms with Crippen LogP contribution in [0.15, 0.2) is 12.1 Å². The van der Waals surface area contributed by atoms with Gasteiger partial charge in [0.05, 0.1) is 5.69 Å². The fourth-order valence-electron chi connectivity index (χ4n) is 1.53. The SMILES string of the molecule is Cc1ccc(O)c(CN(C)CCC(C)C)n1. The molecule has 0 bridgehead atoms. The van der Waals surface area contributed by atoms with E-state index in [0.717, 1.165) is 17.9 Å². The summed E-state index contributed by atoms with van der Waals surface area (Å²) < 4.78 is 0. The van der Waals surface area contributed by atoms with Crippen molar-refractivity contribution in [3.8, 4) is 5.75 Å². The van der Waals surface area contributed by atoms with Crippen molar-refractivity contribution in [2.45, 2.75) is 33.7 Å². The van der Waals surface area contributed by atoms with Gasteiger partial charge in [0.2, 0.25) is 0 Å². The van der Waals surface area contributed by atoms with E-state index in [0.29, 0.717) is 18.2 Å². The van der Waals surface area contributed by atoms with Crippen LogP contribution in [0.5, 0.6) is 5.75 Å². The Balaban J connectivity index is 2.55. The molecule has 16 heavy (non-hydrogen) atoms. The highest BCUT2D eigenvalue weighted by Gasteiger charge is 2.07. The second-order valence-electron chi connectivity index (χ2n) is 4.84. The van der Waals surface area contributed by atoms with Gasteiger partial charge in [-0.05, 0) is 45.0 Å². The van der Waals surface area contributed by atoms with Crippen LogP contribution in [0.3, 0.4) is 0 Å². The lowest BCUT2D eigenvalue weighted by molar-refractivity contribution is 0.294. The molecule has 0 unspecified atom stereocenters. The second-order valence-corrected chi connectivity index (χ2v) is 4.84. The lowest BCUT2D eigenvalue weighted by atomic mass is 10.1. The number of aromatic hydroxyl groups is 1. The Labute approximate surface area is 98.1 Å². The molecule has 0 aliphatic heterocycles. The zero-order valence-corrected chi connectivity index (χ0v) is 10.7. The normalized spacial score (nSPS) is 11.4. The molecule has 0 saturated heterocycles. The number of rotatable bonds is 5. The van der Waals surface area contributed by atoms with E-state index in [1.165, 1.54) is 6.42 Å². The summed E-state index contributed by atoms with van der Waals surface area (Å²) >= 11 is 0. The molecule has 1 aromatic rings. The minimum atomic E-state index is 0.294. The monoisotopic (exact) mass is 222 g/mol.